The molecule has 2 heterocycles. The summed E-state index contributed by atoms with van der Waals surface area (Å²) in [6, 6.07) is 28.2. The molecule has 1 aliphatic heterocycles. The summed E-state index contributed by atoms with van der Waals surface area (Å²) < 4.78 is 0. The largest absolute Gasteiger partial charge is 0.334 e. The highest BCUT2D eigenvalue weighted by molar-refractivity contribution is 5.94. The fourth-order valence-corrected chi connectivity index (χ4v) is 3.87. The Morgan fingerprint density at radius 2 is 1.55 bits per heavy atom. The zero-order valence-electron chi connectivity index (χ0n) is 16.0. The Hall–Kier alpha value is -3.66. The molecule has 3 aromatic carbocycles. The molecule has 0 radical (unpaired) electrons. The van der Waals surface area contributed by atoms with Crippen LogP contribution >= 0.6 is 0 Å². The van der Waals surface area contributed by atoms with Crippen molar-refractivity contribution >= 4 is 5.91 Å². The van der Waals surface area contributed by atoms with Crippen molar-refractivity contribution < 1.29 is 4.79 Å². The van der Waals surface area contributed by atoms with E-state index in [1.807, 2.05) is 71.6 Å². The predicted molar refractivity (Wildman–Crippen MR) is 114 cm³/mol. The van der Waals surface area contributed by atoms with Gasteiger partial charge in [-0.1, -0.05) is 66.7 Å². The molecule has 0 fully saturated rings. The van der Waals surface area contributed by atoms with E-state index in [9.17, 15) is 4.79 Å². The lowest BCUT2D eigenvalue weighted by Gasteiger charge is -2.29. The van der Waals surface area contributed by atoms with Crippen molar-refractivity contribution in [2.24, 2.45) is 0 Å². The van der Waals surface area contributed by atoms with E-state index in [1.54, 1.807) is 0 Å². The fraction of sp³-hybridized carbons (Fsp3) is 0.120. The highest BCUT2D eigenvalue weighted by Crippen LogP contribution is 2.25. The molecule has 1 aromatic heterocycles. The van der Waals surface area contributed by atoms with Crippen LogP contribution in [0, 0.1) is 0 Å². The van der Waals surface area contributed by atoms with Gasteiger partial charge in [0.05, 0.1) is 11.4 Å². The SMILES string of the molecule is O=C(c1ccc(-c2cc(-c3ccccc3)n[nH]2)cc1)N1CCc2ccccc2C1. The Bertz CT molecular complexity index is 1150. The van der Waals surface area contributed by atoms with Gasteiger partial charge in [0.2, 0.25) is 0 Å². The summed E-state index contributed by atoms with van der Waals surface area (Å²) >= 11 is 0. The predicted octanol–water partition coefficient (Wildman–Crippen LogP) is 4.94. The Kier molecular flexibility index (Phi) is 4.45. The molecule has 0 saturated carbocycles. The molecule has 4 aromatic rings. The summed E-state index contributed by atoms with van der Waals surface area (Å²) in [7, 11) is 0. The van der Waals surface area contributed by atoms with Crippen LogP contribution in [0.3, 0.4) is 0 Å². The molecular formula is C25H21N3O. The van der Waals surface area contributed by atoms with Gasteiger partial charge in [-0.25, -0.2) is 0 Å². The van der Waals surface area contributed by atoms with Gasteiger partial charge in [0, 0.05) is 24.2 Å². The minimum Gasteiger partial charge on any atom is -0.334 e. The van der Waals surface area contributed by atoms with Crippen molar-refractivity contribution in [2.45, 2.75) is 13.0 Å². The van der Waals surface area contributed by atoms with Crippen molar-refractivity contribution in [2.75, 3.05) is 6.54 Å². The lowest BCUT2D eigenvalue weighted by atomic mass is 9.99. The van der Waals surface area contributed by atoms with E-state index < -0.39 is 0 Å². The zero-order valence-corrected chi connectivity index (χ0v) is 16.0. The van der Waals surface area contributed by atoms with Crippen molar-refractivity contribution in [1.82, 2.24) is 15.1 Å². The monoisotopic (exact) mass is 379 g/mol. The van der Waals surface area contributed by atoms with Gasteiger partial charge in [-0.3, -0.25) is 9.89 Å². The third kappa shape index (κ3) is 3.45. The van der Waals surface area contributed by atoms with Crippen molar-refractivity contribution in [1.29, 1.82) is 0 Å². The maximum atomic E-state index is 13.0. The van der Waals surface area contributed by atoms with Crippen molar-refractivity contribution in [3.05, 3.63) is 102 Å². The number of aromatic nitrogens is 2. The molecule has 142 valence electrons. The van der Waals surface area contributed by atoms with E-state index in [0.717, 1.165) is 41.0 Å². The summed E-state index contributed by atoms with van der Waals surface area (Å²) in [4.78, 5) is 14.9. The number of amides is 1. The topological polar surface area (TPSA) is 49.0 Å². The van der Waals surface area contributed by atoms with Gasteiger partial charge >= 0.3 is 0 Å². The highest BCUT2D eigenvalue weighted by Gasteiger charge is 2.21. The van der Waals surface area contributed by atoms with Crippen LogP contribution in [0.1, 0.15) is 21.5 Å². The van der Waals surface area contributed by atoms with Crippen molar-refractivity contribution in [3.63, 3.8) is 0 Å². The summed E-state index contributed by atoms with van der Waals surface area (Å²) in [6.45, 7) is 1.44. The second-order valence-electron chi connectivity index (χ2n) is 7.36. The molecule has 1 aliphatic rings. The lowest BCUT2D eigenvalue weighted by molar-refractivity contribution is 0.0734. The first-order valence-corrected chi connectivity index (χ1v) is 9.85. The molecule has 29 heavy (non-hydrogen) atoms. The molecule has 0 spiro atoms. The maximum Gasteiger partial charge on any atom is 0.254 e. The molecule has 0 atom stereocenters. The minimum absolute atomic E-state index is 0.0839. The van der Waals surface area contributed by atoms with Crippen LogP contribution in [0.2, 0.25) is 0 Å². The molecule has 4 heteroatoms. The van der Waals surface area contributed by atoms with Crippen LogP contribution in [0.5, 0.6) is 0 Å². The van der Waals surface area contributed by atoms with Gasteiger partial charge in [-0.2, -0.15) is 5.10 Å². The Labute approximate surface area is 169 Å². The highest BCUT2D eigenvalue weighted by atomic mass is 16.2. The van der Waals surface area contributed by atoms with E-state index in [-0.39, 0.29) is 5.91 Å². The molecule has 4 nitrogen and oxygen atoms in total. The first-order chi connectivity index (χ1) is 14.3. The van der Waals surface area contributed by atoms with E-state index >= 15 is 0 Å². The summed E-state index contributed by atoms with van der Waals surface area (Å²) in [6.07, 6.45) is 0.913. The number of aromatic amines is 1. The van der Waals surface area contributed by atoms with Crippen LogP contribution in [-0.4, -0.2) is 27.5 Å². The first kappa shape index (κ1) is 17.4. The second-order valence-corrected chi connectivity index (χ2v) is 7.36. The van der Waals surface area contributed by atoms with Crippen molar-refractivity contribution in [3.8, 4) is 22.5 Å². The number of nitrogens with zero attached hydrogens (tertiary/aromatic N) is 2. The van der Waals surface area contributed by atoms with Gasteiger partial charge < -0.3 is 4.90 Å². The van der Waals surface area contributed by atoms with Gasteiger partial charge in [0.15, 0.2) is 0 Å². The molecule has 0 saturated heterocycles. The summed E-state index contributed by atoms with van der Waals surface area (Å²) in [5.41, 5.74) is 7.25. The van der Waals surface area contributed by atoms with Gasteiger partial charge in [-0.15, -0.1) is 0 Å². The van der Waals surface area contributed by atoms with Gasteiger partial charge in [0.25, 0.3) is 5.91 Å². The number of hydrogen-bond donors (Lipinski definition) is 1. The Morgan fingerprint density at radius 1 is 0.828 bits per heavy atom. The van der Waals surface area contributed by atoms with E-state index in [1.165, 1.54) is 11.1 Å². The second kappa shape index (κ2) is 7.40. The van der Waals surface area contributed by atoms with E-state index in [4.69, 9.17) is 0 Å². The van der Waals surface area contributed by atoms with Crippen LogP contribution in [-0.2, 0) is 13.0 Å². The number of fused-ring (bicyclic) bond motifs is 1. The average Bonchev–Trinajstić information content (AvgIpc) is 3.29. The summed E-state index contributed by atoms with van der Waals surface area (Å²) in [5.74, 6) is 0.0839. The van der Waals surface area contributed by atoms with E-state index in [0.29, 0.717) is 6.54 Å². The number of carbonyl (C=O) groups is 1. The number of H-pyrrole nitrogens is 1. The number of hydrogen-bond acceptors (Lipinski definition) is 2. The Balaban J connectivity index is 1.33. The van der Waals surface area contributed by atoms with Crippen LogP contribution in [0.15, 0.2) is 84.9 Å². The standard InChI is InChI=1S/C25H21N3O/c29-25(28-15-14-18-6-4-5-9-22(18)17-28)21-12-10-20(11-13-21)24-16-23(26-27-24)19-7-2-1-3-8-19/h1-13,16H,14-15,17H2,(H,26,27). The van der Waals surface area contributed by atoms with Crippen LogP contribution in [0.4, 0.5) is 0 Å². The van der Waals surface area contributed by atoms with Gasteiger partial charge in [-0.05, 0) is 41.3 Å². The number of nitrogens with one attached hydrogen (secondary N) is 1. The first-order valence-electron chi connectivity index (χ1n) is 9.85. The quantitative estimate of drug-likeness (QED) is 0.548. The fourth-order valence-electron chi connectivity index (χ4n) is 3.87. The van der Waals surface area contributed by atoms with Crippen LogP contribution in [0.25, 0.3) is 22.5 Å². The molecule has 0 aliphatic carbocycles. The van der Waals surface area contributed by atoms with E-state index in [2.05, 4.69) is 28.4 Å². The average molecular weight is 379 g/mol. The number of carbonyl (C=O) groups excluding carboxylic acids is 1. The summed E-state index contributed by atoms with van der Waals surface area (Å²) in [5, 5.41) is 7.51. The maximum absolute atomic E-state index is 13.0. The van der Waals surface area contributed by atoms with Gasteiger partial charge in [0.1, 0.15) is 0 Å². The number of benzene rings is 3. The normalized spacial score (nSPS) is 13.2. The smallest absolute Gasteiger partial charge is 0.254 e. The molecule has 1 amide bonds. The molecule has 1 N–H and O–H groups in total. The molecule has 0 unspecified atom stereocenters. The minimum atomic E-state index is 0.0839. The zero-order chi connectivity index (χ0) is 19.6. The lowest BCUT2D eigenvalue weighted by Crippen LogP contribution is -2.35. The third-order valence-corrected chi connectivity index (χ3v) is 5.51. The van der Waals surface area contributed by atoms with Crippen LogP contribution < -0.4 is 0 Å². The third-order valence-electron chi connectivity index (χ3n) is 5.51. The molecule has 0 bridgehead atoms. The molecular weight excluding hydrogens is 358 g/mol. The number of rotatable bonds is 3. The Morgan fingerprint density at radius 3 is 2.34 bits per heavy atom. The molecule has 5 rings (SSSR count).